The Kier molecular flexibility index (Phi) is 5.98. The van der Waals surface area contributed by atoms with E-state index in [1.807, 2.05) is 19.9 Å². The zero-order valence-corrected chi connectivity index (χ0v) is 16.3. The summed E-state index contributed by atoms with van der Waals surface area (Å²) >= 11 is 12.0. The molecule has 0 aliphatic carbocycles. The van der Waals surface area contributed by atoms with Crippen LogP contribution < -0.4 is 9.62 Å². The summed E-state index contributed by atoms with van der Waals surface area (Å²) in [6.07, 6.45) is 1.06. The first-order valence-electron chi connectivity index (χ1n) is 7.38. The molecule has 5 nitrogen and oxygen atoms in total. The van der Waals surface area contributed by atoms with Crippen molar-refractivity contribution < 1.29 is 13.2 Å². The number of carbonyl (C=O) groups is 1. The first kappa shape index (κ1) is 19.6. The van der Waals surface area contributed by atoms with Gasteiger partial charge in [-0.2, -0.15) is 0 Å². The molecule has 8 heteroatoms. The predicted molar refractivity (Wildman–Crippen MR) is 103 cm³/mol. The summed E-state index contributed by atoms with van der Waals surface area (Å²) in [4.78, 5) is 12.3. The highest BCUT2D eigenvalue weighted by Gasteiger charge is 2.21. The number of amides is 1. The van der Waals surface area contributed by atoms with Crippen molar-refractivity contribution in [3.8, 4) is 0 Å². The largest absolute Gasteiger partial charge is 0.323 e. The van der Waals surface area contributed by atoms with E-state index < -0.39 is 15.9 Å². The van der Waals surface area contributed by atoms with Gasteiger partial charge in [0.25, 0.3) is 0 Å². The van der Waals surface area contributed by atoms with Gasteiger partial charge >= 0.3 is 0 Å². The molecule has 0 spiro atoms. The average Bonchev–Trinajstić information content (AvgIpc) is 2.51. The van der Waals surface area contributed by atoms with Crippen LogP contribution in [0.15, 0.2) is 36.4 Å². The smallest absolute Gasteiger partial charge is 0.245 e. The molecule has 1 amide bonds. The maximum atomic E-state index is 12.3. The Morgan fingerprint density at radius 2 is 1.80 bits per heavy atom. The third kappa shape index (κ3) is 4.87. The van der Waals surface area contributed by atoms with Crippen LogP contribution in [0.2, 0.25) is 10.0 Å². The van der Waals surface area contributed by atoms with Gasteiger partial charge in [-0.1, -0.05) is 35.3 Å². The van der Waals surface area contributed by atoms with Crippen molar-refractivity contribution >= 4 is 50.5 Å². The maximum Gasteiger partial charge on any atom is 0.245 e. The van der Waals surface area contributed by atoms with Crippen LogP contribution in [0.1, 0.15) is 11.1 Å². The van der Waals surface area contributed by atoms with Crippen molar-refractivity contribution in [2.45, 2.75) is 13.8 Å². The molecule has 25 heavy (non-hydrogen) atoms. The number of nitrogens with one attached hydrogen (secondary N) is 1. The fourth-order valence-electron chi connectivity index (χ4n) is 2.20. The summed E-state index contributed by atoms with van der Waals surface area (Å²) in [6, 6.07) is 10.0. The Bertz CT molecular complexity index is 914. The predicted octanol–water partition coefficient (Wildman–Crippen LogP) is 4.01. The van der Waals surface area contributed by atoms with Crippen LogP contribution >= 0.6 is 23.2 Å². The van der Waals surface area contributed by atoms with Crippen LogP contribution in [0.25, 0.3) is 0 Å². The van der Waals surface area contributed by atoms with Gasteiger partial charge in [0.05, 0.1) is 27.7 Å². The van der Waals surface area contributed by atoms with Crippen molar-refractivity contribution in [1.29, 1.82) is 0 Å². The quantitative estimate of drug-likeness (QED) is 0.823. The Labute approximate surface area is 157 Å². The van der Waals surface area contributed by atoms with Crippen molar-refractivity contribution in [2.24, 2.45) is 0 Å². The molecule has 0 aliphatic heterocycles. The monoisotopic (exact) mass is 400 g/mol. The topological polar surface area (TPSA) is 66.5 Å². The molecule has 0 radical (unpaired) electrons. The van der Waals surface area contributed by atoms with Gasteiger partial charge in [0.2, 0.25) is 15.9 Å². The van der Waals surface area contributed by atoms with Gasteiger partial charge in [-0.25, -0.2) is 8.42 Å². The van der Waals surface area contributed by atoms with Crippen LogP contribution in [-0.4, -0.2) is 27.1 Å². The van der Waals surface area contributed by atoms with Gasteiger partial charge in [0.15, 0.2) is 0 Å². The number of hydrogen-bond donors (Lipinski definition) is 1. The Morgan fingerprint density at radius 3 is 2.40 bits per heavy atom. The third-order valence-electron chi connectivity index (χ3n) is 3.69. The minimum Gasteiger partial charge on any atom is -0.323 e. The van der Waals surface area contributed by atoms with Crippen LogP contribution in [-0.2, 0) is 14.8 Å². The second-order valence-electron chi connectivity index (χ2n) is 5.69. The highest BCUT2D eigenvalue weighted by Crippen LogP contribution is 2.29. The van der Waals surface area contributed by atoms with Crippen molar-refractivity contribution in [3.63, 3.8) is 0 Å². The molecule has 0 fully saturated rings. The van der Waals surface area contributed by atoms with E-state index in [1.165, 1.54) is 0 Å². The first-order valence-corrected chi connectivity index (χ1v) is 9.99. The molecule has 0 aromatic heterocycles. The zero-order chi connectivity index (χ0) is 18.8. The van der Waals surface area contributed by atoms with E-state index in [1.54, 1.807) is 30.3 Å². The van der Waals surface area contributed by atoms with Gasteiger partial charge in [-0.05, 0) is 49.2 Å². The summed E-state index contributed by atoms with van der Waals surface area (Å²) in [5, 5.41) is 3.09. The Balaban J connectivity index is 2.27. The summed E-state index contributed by atoms with van der Waals surface area (Å²) in [7, 11) is -3.64. The second kappa shape index (κ2) is 7.64. The molecular weight excluding hydrogens is 383 g/mol. The number of sulfonamides is 1. The summed E-state index contributed by atoms with van der Waals surface area (Å²) < 4.78 is 25.3. The number of hydrogen-bond acceptors (Lipinski definition) is 3. The average molecular weight is 401 g/mol. The van der Waals surface area contributed by atoms with Crippen molar-refractivity contribution in [3.05, 3.63) is 57.6 Å². The van der Waals surface area contributed by atoms with E-state index >= 15 is 0 Å². The molecule has 0 saturated heterocycles. The lowest BCUT2D eigenvalue weighted by Crippen LogP contribution is -2.37. The van der Waals surface area contributed by atoms with Gasteiger partial charge in [-0.15, -0.1) is 0 Å². The van der Waals surface area contributed by atoms with Crippen LogP contribution in [0, 0.1) is 13.8 Å². The minimum absolute atomic E-state index is 0.203. The molecule has 0 atom stereocenters. The van der Waals surface area contributed by atoms with Gasteiger partial charge in [-0.3, -0.25) is 9.10 Å². The van der Waals surface area contributed by atoms with E-state index in [9.17, 15) is 13.2 Å². The van der Waals surface area contributed by atoms with E-state index in [0.717, 1.165) is 21.7 Å². The molecule has 0 bridgehead atoms. The molecule has 0 unspecified atom stereocenters. The van der Waals surface area contributed by atoms with E-state index in [-0.39, 0.29) is 11.6 Å². The van der Waals surface area contributed by atoms with Gasteiger partial charge in [0.1, 0.15) is 6.54 Å². The highest BCUT2D eigenvalue weighted by atomic mass is 35.5. The highest BCUT2D eigenvalue weighted by molar-refractivity contribution is 7.92. The fraction of sp³-hybridized carbons (Fsp3) is 0.235. The minimum atomic E-state index is -3.64. The fourth-order valence-corrected chi connectivity index (χ4v) is 3.40. The number of benzene rings is 2. The Hall–Kier alpha value is -1.76. The van der Waals surface area contributed by atoms with Crippen molar-refractivity contribution in [2.75, 3.05) is 22.4 Å². The Morgan fingerprint density at radius 1 is 1.12 bits per heavy atom. The van der Waals surface area contributed by atoms with Crippen molar-refractivity contribution in [1.82, 2.24) is 0 Å². The van der Waals surface area contributed by atoms with E-state index in [0.29, 0.717) is 16.4 Å². The SMILES string of the molecule is Cc1ccc(N(CC(=O)Nc2cccc(Cl)c2Cl)S(C)(=O)=O)cc1C. The molecule has 1 N–H and O–H groups in total. The van der Waals surface area contributed by atoms with Crippen LogP contribution in [0.4, 0.5) is 11.4 Å². The number of aryl methyl sites for hydroxylation is 2. The van der Waals surface area contributed by atoms with E-state index in [2.05, 4.69) is 5.32 Å². The molecule has 2 aromatic carbocycles. The van der Waals surface area contributed by atoms with Crippen LogP contribution in [0.3, 0.4) is 0 Å². The third-order valence-corrected chi connectivity index (χ3v) is 5.65. The van der Waals surface area contributed by atoms with E-state index in [4.69, 9.17) is 23.2 Å². The number of halogens is 2. The molecule has 0 heterocycles. The number of rotatable bonds is 5. The van der Waals surface area contributed by atoms with Gasteiger partial charge in [0, 0.05) is 0 Å². The van der Waals surface area contributed by atoms with Gasteiger partial charge < -0.3 is 5.32 Å². The zero-order valence-electron chi connectivity index (χ0n) is 14.0. The molecular formula is C17H18Cl2N2O3S. The number of anilines is 2. The summed E-state index contributed by atoms with van der Waals surface area (Å²) in [5.41, 5.74) is 2.72. The second-order valence-corrected chi connectivity index (χ2v) is 8.38. The number of nitrogens with zero attached hydrogens (tertiary/aromatic N) is 1. The lowest BCUT2D eigenvalue weighted by molar-refractivity contribution is -0.114. The lowest BCUT2D eigenvalue weighted by Gasteiger charge is -2.23. The molecule has 2 aromatic rings. The summed E-state index contributed by atoms with van der Waals surface area (Å²) in [5.74, 6) is -0.521. The molecule has 2 rings (SSSR count). The number of carbonyl (C=O) groups excluding carboxylic acids is 1. The maximum absolute atomic E-state index is 12.3. The first-order chi connectivity index (χ1) is 11.6. The summed E-state index contributed by atoms with van der Waals surface area (Å²) in [6.45, 7) is 3.44. The lowest BCUT2D eigenvalue weighted by atomic mass is 10.1. The molecule has 134 valence electrons. The van der Waals surface area contributed by atoms with Crippen LogP contribution in [0.5, 0.6) is 0 Å². The molecule has 0 aliphatic rings. The normalized spacial score (nSPS) is 11.2. The molecule has 0 saturated carbocycles. The standard InChI is InChI=1S/C17H18Cl2N2O3S/c1-11-7-8-13(9-12(11)2)21(25(3,23)24)10-16(22)20-15-6-4-5-14(18)17(15)19/h4-9H,10H2,1-3H3,(H,20,22).